The minimum atomic E-state index is -3.88. The maximum atomic E-state index is 12.3. The van der Waals surface area contributed by atoms with Crippen molar-refractivity contribution in [3.8, 4) is 0 Å². The molecule has 1 unspecified atom stereocenters. The van der Waals surface area contributed by atoms with Crippen molar-refractivity contribution in [1.29, 1.82) is 0 Å². The molecule has 2 rings (SSSR count). The third kappa shape index (κ3) is 3.45. The van der Waals surface area contributed by atoms with Crippen LogP contribution in [0.1, 0.15) is 12.0 Å². The van der Waals surface area contributed by atoms with Crippen LogP contribution < -0.4 is 10.0 Å². The van der Waals surface area contributed by atoms with Crippen LogP contribution in [0.25, 0.3) is 0 Å². The van der Waals surface area contributed by atoms with Crippen molar-refractivity contribution in [3.05, 3.63) is 33.9 Å². The van der Waals surface area contributed by atoms with E-state index < -0.39 is 20.6 Å². The maximum Gasteiger partial charge on any atom is 0.289 e. The number of nitro benzene ring substituents is 1. The van der Waals surface area contributed by atoms with E-state index >= 15 is 0 Å². The molecule has 20 heavy (non-hydrogen) atoms. The van der Waals surface area contributed by atoms with Crippen LogP contribution in [0.15, 0.2) is 23.1 Å². The molecule has 0 bridgehead atoms. The van der Waals surface area contributed by atoms with Gasteiger partial charge in [-0.25, -0.2) is 13.1 Å². The lowest BCUT2D eigenvalue weighted by molar-refractivity contribution is -0.387. The summed E-state index contributed by atoms with van der Waals surface area (Å²) in [5.74, 6) is 0. The third-order valence-electron chi connectivity index (χ3n) is 3.04. The fraction of sp³-hybridized carbons (Fsp3) is 0.455. The Kier molecular flexibility index (Phi) is 5.46. The van der Waals surface area contributed by atoms with E-state index in [1.54, 1.807) is 13.0 Å². The molecule has 1 heterocycles. The Balaban J connectivity index is 0.00000200. The number of benzene rings is 1. The smallest absolute Gasteiger partial charge is 0.289 e. The van der Waals surface area contributed by atoms with Crippen molar-refractivity contribution >= 4 is 28.1 Å². The first-order valence-electron chi connectivity index (χ1n) is 5.89. The first-order valence-corrected chi connectivity index (χ1v) is 7.37. The summed E-state index contributed by atoms with van der Waals surface area (Å²) in [6, 6.07) is 4.01. The molecule has 1 aromatic carbocycles. The zero-order chi connectivity index (χ0) is 14.0. The molecule has 0 radical (unpaired) electrons. The second kappa shape index (κ2) is 6.49. The van der Waals surface area contributed by atoms with Gasteiger partial charge < -0.3 is 5.32 Å². The van der Waals surface area contributed by atoms with Crippen LogP contribution in [0, 0.1) is 17.0 Å². The van der Waals surface area contributed by atoms with Gasteiger partial charge in [0.1, 0.15) is 0 Å². The summed E-state index contributed by atoms with van der Waals surface area (Å²) in [4.78, 5) is 10.0. The van der Waals surface area contributed by atoms with E-state index in [2.05, 4.69) is 10.0 Å². The van der Waals surface area contributed by atoms with Crippen LogP contribution in [0.2, 0.25) is 0 Å². The molecule has 7 nitrogen and oxygen atoms in total. The van der Waals surface area contributed by atoms with E-state index in [0.717, 1.165) is 6.54 Å². The number of nitrogens with zero attached hydrogens (tertiary/aromatic N) is 1. The van der Waals surface area contributed by atoms with Crippen LogP contribution >= 0.6 is 12.4 Å². The summed E-state index contributed by atoms with van der Waals surface area (Å²) < 4.78 is 27.1. The quantitative estimate of drug-likeness (QED) is 0.635. The van der Waals surface area contributed by atoms with Crippen LogP contribution in [0.5, 0.6) is 0 Å². The van der Waals surface area contributed by atoms with Crippen molar-refractivity contribution in [2.24, 2.45) is 0 Å². The minimum absolute atomic E-state index is 0. The van der Waals surface area contributed by atoms with E-state index in [-0.39, 0.29) is 23.3 Å². The number of hydrogen-bond acceptors (Lipinski definition) is 5. The van der Waals surface area contributed by atoms with Crippen molar-refractivity contribution < 1.29 is 13.3 Å². The van der Waals surface area contributed by atoms with E-state index in [1.807, 2.05) is 0 Å². The number of nitrogens with one attached hydrogen (secondary N) is 2. The minimum Gasteiger partial charge on any atom is -0.315 e. The Hall–Kier alpha value is -1.22. The molecule has 112 valence electrons. The Morgan fingerprint density at radius 3 is 2.70 bits per heavy atom. The number of halogens is 1. The number of sulfonamides is 1. The summed E-state index contributed by atoms with van der Waals surface area (Å²) >= 11 is 0. The molecule has 1 aromatic rings. The molecule has 0 aromatic heterocycles. The normalized spacial score (nSPS) is 18.6. The number of aryl methyl sites for hydroxylation is 1. The highest BCUT2D eigenvalue weighted by atomic mass is 35.5. The second-order valence-electron chi connectivity index (χ2n) is 4.49. The number of hydrogen-bond donors (Lipinski definition) is 2. The summed E-state index contributed by atoms with van der Waals surface area (Å²) in [7, 11) is -3.88. The SMILES string of the molecule is Cc1cccc([N+](=O)[O-])c1S(=O)(=O)NC1CCNC1.Cl. The molecule has 0 aliphatic carbocycles. The maximum absolute atomic E-state index is 12.3. The first kappa shape index (κ1) is 16.8. The van der Waals surface area contributed by atoms with E-state index in [4.69, 9.17) is 0 Å². The zero-order valence-corrected chi connectivity index (χ0v) is 12.5. The average Bonchev–Trinajstić information content (AvgIpc) is 2.80. The highest BCUT2D eigenvalue weighted by Crippen LogP contribution is 2.27. The van der Waals surface area contributed by atoms with Crippen molar-refractivity contribution in [2.75, 3.05) is 13.1 Å². The summed E-state index contributed by atoms with van der Waals surface area (Å²) in [5, 5.41) is 14.0. The molecule has 1 aliphatic heterocycles. The topological polar surface area (TPSA) is 101 Å². The molecule has 0 amide bonds. The van der Waals surface area contributed by atoms with E-state index in [1.165, 1.54) is 12.1 Å². The second-order valence-corrected chi connectivity index (χ2v) is 6.14. The van der Waals surface area contributed by atoms with E-state index in [0.29, 0.717) is 18.5 Å². The van der Waals surface area contributed by atoms with Gasteiger partial charge in [-0.05, 0) is 25.5 Å². The molecule has 1 saturated heterocycles. The molecular formula is C11H16ClN3O4S. The molecule has 0 saturated carbocycles. The summed E-state index contributed by atoms with van der Waals surface area (Å²) in [6.45, 7) is 2.83. The largest absolute Gasteiger partial charge is 0.315 e. The van der Waals surface area contributed by atoms with Gasteiger partial charge in [-0.1, -0.05) is 12.1 Å². The predicted molar refractivity (Wildman–Crippen MR) is 76.7 cm³/mol. The third-order valence-corrected chi connectivity index (χ3v) is 4.75. The lowest BCUT2D eigenvalue weighted by atomic mass is 10.2. The van der Waals surface area contributed by atoms with Crippen LogP contribution in [-0.2, 0) is 10.0 Å². The molecule has 1 fully saturated rings. The molecule has 0 spiro atoms. The Labute approximate surface area is 123 Å². The standard InChI is InChI=1S/C11H15N3O4S.ClH/c1-8-3-2-4-10(14(15)16)11(8)19(17,18)13-9-5-6-12-7-9;/h2-4,9,12-13H,5-7H2,1H3;1H. The summed E-state index contributed by atoms with van der Waals surface area (Å²) in [6.07, 6.45) is 0.679. The molecule has 1 atom stereocenters. The fourth-order valence-corrected chi connectivity index (χ4v) is 3.83. The lowest BCUT2D eigenvalue weighted by Gasteiger charge is -2.13. The van der Waals surface area contributed by atoms with Crippen molar-refractivity contribution in [2.45, 2.75) is 24.3 Å². The van der Waals surface area contributed by atoms with Crippen LogP contribution in [0.3, 0.4) is 0 Å². The van der Waals surface area contributed by atoms with Gasteiger partial charge in [0.2, 0.25) is 10.0 Å². The highest BCUT2D eigenvalue weighted by molar-refractivity contribution is 7.89. The van der Waals surface area contributed by atoms with Crippen LogP contribution in [0.4, 0.5) is 5.69 Å². The van der Waals surface area contributed by atoms with E-state index in [9.17, 15) is 18.5 Å². The molecular weight excluding hydrogens is 306 g/mol. The summed E-state index contributed by atoms with van der Waals surface area (Å²) in [5.41, 5.74) is -0.0221. The first-order chi connectivity index (χ1) is 8.92. The molecule has 1 aliphatic rings. The van der Waals surface area contributed by atoms with Crippen molar-refractivity contribution in [3.63, 3.8) is 0 Å². The van der Waals surface area contributed by atoms with Gasteiger partial charge in [0.25, 0.3) is 5.69 Å². The van der Waals surface area contributed by atoms with Gasteiger partial charge in [0.05, 0.1) is 4.92 Å². The van der Waals surface area contributed by atoms with Gasteiger partial charge in [-0.15, -0.1) is 12.4 Å². The lowest BCUT2D eigenvalue weighted by Crippen LogP contribution is -2.36. The fourth-order valence-electron chi connectivity index (χ4n) is 2.16. The van der Waals surface area contributed by atoms with Crippen molar-refractivity contribution in [1.82, 2.24) is 10.0 Å². The zero-order valence-electron chi connectivity index (χ0n) is 10.8. The molecule has 9 heteroatoms. The monoisotopic (exact) mass is 321 g/mol. The predicted octanol–water partition coefficient (Wildman–Crippen LogP) is 0.965. The van der Waals surface area contributed by atoms with Gasteiger partial charge in [0, 0.05) is 18.7 Å². The highest BCUT2D eigenvalue weighted by Gasteiger charge is 2.30. The Bertz CT molecular complexity index is 600. The van der Waals surface area contributed by atoms with Gasteiger partial charge in [0.15, 0.2) is 4.90 Å². The Morgan fingerprint density at radius 1 is 1.45 bits per heavy atom. The molecule has 2 N–H and O–H groups in total. The van der Waals surface area contributed by atoms with Gasteiger partial charge in [-0.3, -0.25) is 10.1 Å². The Morgan fingerprint density at radius 2 is 2.15 bits per heavy atom. The van der Waals surface area contributed by atoms with Gasteiger partial charge in [-0.2, -0.15) is 0 Å². The van der Waals surface area contributed by atoms with Gasteiger partial charge >= 0.3 is 0 Å². The number of rotatable bonds is 4. The van der Waals surface area contributed by atoms with Crippen LogP contribution in [-0.4, -0.2) is 32.5 Å². The average molecular weight is 322 g/mol. The number of nitro groups is 1.